The molecule has 262 valence electrons. The van der Waals surface area contributed by atoms with Crippen LogP contribution in [0.15, 0.2) is 11.5 Å². The summed E-state index contributed by atoms with van der Waals surface area (Å²) in [6, 6.07) is 0. The van der Waals surface area contributed by atoms with E-state index in [9.17, 15) is 30.4 Å². The van der Waals surface area contributed by atoms with Crippen LogP contribution in [-0.2, 0) is 44.6 Å². The molecule has 0 fully saturated rings. The molecule has 1 rings (SSSR count). The number of allylic oxidation sites excluding steroid dienone is 1. The van der Waals surface area contributed by atoms with Crippen LogP contribution in [0.5, 0.6) is 0 Å². The predicted octanol–water partition coefficient (Wildman–Crippen LogP) is -0.805. The highest BCUT2D eigenvalue weighted by atomic mass is 32.2. The Morgan fingerprint density at radius 3 is 1.89 bits per heavy atom. The lowest BCUT2D eigenvalue weighted by atomic mass is 9.88. The van der Waals surface area contributed by atoms with Crippen LogP contribution in [0.2, 0.25) is 0 Å². The molecule has 0 aromatic heterocycles. The van der Waals surface area contributed by atoms with E-state index in [0.717, 1.165) is 6.42 Å². The largest absolute Gasteiger partial charge is 0.494 e. The molecule has 0 spiro atoms. The monoisotopic (exact) mass is 699 g/mol. The van der Waals surface area contributed by atoms with E-state index in [2.05, 4.69) is 10.6 Å². The number of aliphatic hydroxyl groups is 2. The number of unbranched alkanes of at least 4 members (excludes halogenated alkanes) is 1. The van der Waals surface area contributed by atoms with Crippen molar-refractivity contribution in [2.45, 2.75) is 76.3 Å². The lowest BCUT2D eigenvalue weighted by molar-refractivity contribution is -0.0360. The smallest absolute Gasteiger partial charge is 0.264 e. The van der Waals surface area contributed by atoms with Crippen LogP contribution in [0.25, 0.3) is 0 Å². The summed E-state index contributed by atoms with van der Waals surface area (Å²) in [7, 11) is -12.7. The molecule has 0 aromatic rings. The van der Waals surface area contributed by atoms with Gasteiger partial charge in [0.1, 0.15) is 18.1 Å². The Kier molecular flexibility index (Phi) is 19.4. The van der Waals surface area contributed by atoms with Gasteiger partial charge in [0.25, 0.3) is 30.4 Å². The summed E-state index contributed by atoms with van der Waals surface area (Å²) in [4.78, 5) is 0. The van der Waals surface area contributed by atoms with Gasteiger partial charge in [-0.1, -0.05) is 0 Å². The maximum atomic E-state index is 11.1. The Balaban J connectivity index is 2.95. The van der Waals surface area contributed by atoms with Gasteiger partial charge in [0.05, 0.1) is 36.6 Å². The standard InChI is InChI=1S/C24H49N3O14S3/c25-22(7-1-2-10-28)26-8-3-9-27-24(29)19-17-20(39-11-4-14-42(30,31)32)23(41-13-6-16-44(36,37)38)21(18-19)40-12-5-15-43(33,34)35/h19-20,22,24,26-29H,1-18,25H2,(H,30,31,32)(H,33,34,35)(H,36,37,38)/t19-,20?,22?,24-/m1/s1. The van der Waals surface area contributed by atoms with Gasteiger partial charge in [-0.25, -0.2) is 0 Å². The van der Waals surface area contributed by atoms with E-state index in [-0.39, 0.29) is 76.2 Å². The van der Waals surface area contributed by atoms with Crippen molar-refractivity contribution < 1.29 is 63.3 Å². The van der Waals surface area contributed by atoms with Gasteiger partial charge < -0.3 is 35.5 Å². The lowest BCUT2D eigenvalue weighted by Gasteiger charge is -2.35. The molecule has 4 atom stereocenters. The van der Waals surface area contributed by atoms with Gasteiger partial charge in [-0.3, -0.25) is 19.0 Å². The third-order valence-electron chi connectivity index (χ3n) is 6.51. The van der Waals surface area contributed by atoms with Crippen molar-refractivity contribution in [1.29, 1.82) is 0 Å². The molecular formula is C24H49N3O14S3. The summed E-state index contributed by atoms with van der Waals surface area (Å²) < 4.78 is 111. The molecular weight excluding hydrogens is 650 g/mol. The fraction of sp³-hybridized carbons (Fsp3) is 0.917. The number of hydrogen-bond donors (Lipinski definition) is 8. The van der Waals surface area contributed by atoms with Crippen molar-refractivity contribution in [2.24, 2.45) is 11.7 Å². The molecule has 1 aliphatic rings. The first-order valence-electron chi connectivity index (χ1n) is 14.5. The van der Waals surface area contributed by atoms with E-state index in [0.29, 0.717) is 32.4 Å². The molecule has 0 saturated heterocycles. The van der Waals surface area contributed by atoms with Crippen LogP contribution in [0.4, 0.5) is 0 Å². The van der Waals surface area contributed by atoms with Crippen LogP contribution in [0.3, 0.4) is 0 Å². The van der Waals surface area contributed by atoms with E-state index in [1.165, 1.54) is 0 Å². The maximum Gasteiger partial charge on any atom is 0.264 e. The van der Waals surface area contributed by atoms with E-state index < -0.39 is 65.9 Å². The molecule has 20 heteroatoms. The predicted molar refractivity (Wildman–Crippen MR) is 160 cm³/mol. The lowest BCUT2D eigenvalue weighted by Crippen LogP contribution is -2.43. The van der Waals surface area contributed by atoms with E-state index >= 15 is 0 Å². The average Bonchev–Trinajstić information content (AvgIpc) is 2.90. The first-order chi connectivity index (χ1) is 20.5. The fourth-order valence-electron chi connectivity index (χ4n) is 4.37. The molecule has 0 amide bonds. The van der Waals surface area contributed by atoms with Gasteiger partial charge in [-0.05, 0) is 64.5 Å². The summed E-state index contributed by atoms with van der Waals surface area (Å²) in [5, 5.41) is 26.0. The Morgan fingerprint density at radius 2 is 1.32 bits per heavy atom. The number of hydrogen-bond acceptors (Lipinski definition) is 14. The van der Waals surface area contributed by atoms with Crippen LogP contribution >= 0.6 is 0 Å². The first-order valence-corrected chi connectivity index (χ1v) is 19.3. The van der Waals surface area contributed by atoms with E-state index in [4.69, 9.17) is 38.7 Å². The van der Waals surface area contributed by atoms with Gasteiger partial charge in [0.15, 0.2) is 5.76 Å². The molecule has 0 radical (unpaired) electrons. The summed E-state index contributed by atoms with van der Waals surface area (Å²) in [6.45, 7) is 0.662. The molecule has 0 heterocycles. The minimum atomic E-state index is -4.24. The second-order valence-corrected chi connectivity index (χ2v) is 15.2. The highest BCUT2D eigenvalue weighted by molar-refractivity contribution is 7.86. The fourth-order valence-corrected chi connectivity index (χ4v) is 5.82. The molecule has 2 unspecified atom stereocenters. The molecule has 0 aromatic carbocycles. The van der Waals surface area contributed by atoms with Crippen molar-refractivity contribution in [3.63, 3.8) is 0 Å². The summed E-state index contributed by atoms with van der Waals surface area (Å²) in [5.74, 6) is -1.86. The first kappa shape index (κ1) is 40.9. The van der Waals surface area contributed by atoms with Crippen LogP contribution in [0.1, 0.15) is 57.8 Å². The maximum absolute atomic E-state index is 11.1. The third-order valence-corrected chi connectivity index (χ3v) is 8.92. The number of nitrogens with two attached hydrogens (primary N) is 1. The number of ether oxygens (including phenoxy) is 3. The Morgan fingerprint density at radius 1 is 0.773 bits per heavy atom. The number of aliphatic hydroxyl groups excluding tert-OH is 2. The van der Waals surface area contributed by atoms with Crippen LogP contribution < -0.4 is 16.4 Å². The Labute approximate surface area is 260 Å². The highest BCUT2D eigenvalue weighted by Crippen LogP contribution is 2.35. The summed E-state index contributed by atoms with van der Waals surface area (Å²) in [6.07, 6.45) is 0.749. The topological polar surface area (TPSA) is 281 Å². The molecule has 17 nitrogen and oxygen atoms in total. The van der Waals surface area contributed by atoms with Crippen LogP contribution in [-0.4, -0.2) is 124 Å². The SMILES string of the molecule is NC(CCCCO)NCCCN[C@H](O)[C@H]1CC(OCCCS(=O)(=O)O)=C(OCCCS(=O)(=O)O)C(OCCCS(=O)(=O)O)C1. The Bertz CT molecular complexity index is 1170. The minimum absolute atomic E-state index is 0.0590. The van der Waals surface area contributed by atoms with Crippen molar-refractivity contribution in [3.05, 3.63) is 11.5 Å². The van der Waals surface area contributed by atoms with Crippen molar-refractivity contribution >= 4 is 30.4 Å². The third kappa shape index (κ3) is 20.8. The van der Waals surface area contributed by atoms with Gasteiger partial charge >= 0.3 is 0 Å². The van der Waals surface area contributed by atoms with Crippen molar-refractivity contribution in [1.82, 2.24) is 10.6 Å². The van der Waals surface area contributed by atoms with Crippen molar-refractivity contribution in [3.8, 4) is 0 Å². The number of rotatable bonds is 26. The quantitative estimate of drug-likeness (QED) is 0.0311. The molecule has 44 heavy (non-hydrogen) atoms. The summed E-state index contributed by atoms with van der Waals surface area (Å²) >= 11 is 0. The zero-order valence-electron chi connectivity index (χ0n) is 24.7. The molecule has 0 bridgehead atoms. The molecule has 1 aliphatic carbocycles. The normalized spacial score (nSPS) is 19.6. The molecule has 0 saturated carbocycles. The second-order valence-electron chi connectivity index (χ2n) is 10.5. The summed E-state index contributed by atoms with van der Waals surface area (Å²) in [5.41, 5.74) is 5.99. The van der Waals surface area contributed by atoms with Gasteiger partial charge in [0.2, 0.25) is 0 Å². The molecule has 9 N–H and O–H groups in total. The molecule has 0 aliphatic heterocycles. The van der Waals surface area contributed by atoms with Gasteiger partial charge in [0, 0.05) is 25.6 Å². The minimum Gasteiger partial charge on any atom is -0.494 e. The average molecular weight is 700 g/mol. The van der Waals surface area contributed by atoms with E-state index in [1.807, 2.05) is 0 Å². The number of nitrogens with one attached hydrogen (secondary N) is 2. The van der Waals surface area contributed by atoms with Gasteiger partial charge in [-0.15, -0.1) is 0 Å². The van der Waals surface area contributed by atoms with Gasteiger partial charge in [-0.2, -0.15) is 25.3 Å². The van der Waals surface area contributed by atoms with Crippen molar-refractivity contribution in [2.75, 3.05) is 56.8 Å². The second kappa shape index (κ2) is 20.9. The highest BCUT2D eigenvalue weighted by Gasteiger charge is 2.36. The Hall–Kier alpha value is -1.17. The van der Waals surface area contributed by atoms with Crippen LogP contribution in [0, 0.1) is 5.92 Å². The zero-order valence-corrected chi connectivity index (χ0v) is 27.2. The van der Waals surface area contributed by atoms with E-state index in [1.54, 1.807) is 0 Å². The zero-order chi connectivity index (χ0) is 33.2.